The van der Waals surface area contributed by atoms with Gasteiger partial charge < -0.3 is 14.4 Å². The molecule has 0 saturated carbocycles. The highest BCUT2D eigenvalue weighted by molar-refractivity contribution is 7.71. The SMILES string of the molecule is S=c1[nH]cc(-c2ccco2)[nH]1. The van der Waals surface area contributed by atoms with Crippen LogP contribution in [0.5, 0.6) is 0 Å². The number of aromatic amines is 2. The van der Waals surface area contributed by atoms with Crippen molar-refractivity contribution in [1.29, 1.82) is 0 Å². The number of imidazole rings is 1. The van der Waals surface area contributed by atoms with Gasteiger partial charge in [-0.05, 0) is 24.4 Å². The lowest BCUT2D eigenvalue weighted by Gasteiger charge is -1.85. The summed E-state index contributed by atoms with van der Waals surface area (Å²) in [7, 11) is 0. The molecule has 11 heavy (non-hydrogen) atoms. The molecule has 3 nitrogen and oxygen atoms in total. The fourth-order valence-corrected chi connectivity index (χ4v) is 1.07. The van der Waals surface area contributed by atoms with E-state index in [1.54, 1.807) is 12.5 Å². The summed E-state index contributed by atoms with van der Waals surface area (Å²) in [5.41, 5.74) is 0.875. The topological polar surface area (TPSA) is 44.7 Å². The first-order valence-electron chi connectivity index (χ1n) is 3.18. The van der Waals surface area contributed by atoms with Gasteiger partial charge in [0.2, 0.25) is 0 Å². The van der Waals surface area contributed by atoms with Crippen LogP contribution in [0.4, 0.5) is 0 Å². The molecule has 4 heteroatoms. The van der Waals surface area contributed by atoms with E-state index in [0.717, 1.165) is 11.5 Å². The molecule has 0 fully saturated rings. The van der Waals surface area contributed by atoms with Crippen LogP contribution in [0.3, 0.4) is 0 Å². The molecular formula is C7H6N2OS. The summed E-state index contributed by atoms with van der Waals surface area (Å²) >= 11 is 4.85. The zero-order chi connectivity index (χ0) is 7.68. The Morgan fingerprint density at radius 3 is 2.91 bits per heavy atom. The van der Waals surface area contributed by atoms with Crippen molar-refractivity contribution in [2.24, 2.45) is 0 Å². The number of hydrogen-bond acceptors (Lipinski definition) is 2. The van der Waals surface area contributed by atoms with E-state index >= 15 is 0 Å². The van der Waals surface area contributed by atoms with Crippen LogP contribution in [0.1, 0.15) is 0 Å². The molecule has 0 amide bonds. The van der Waals surface area contributed by atoms with Crippen molar-refractivity contribution < 1.29 is 4.42 Å². The van der Waals surface area contributed by atoms with Gasteiger partial charge in [0.1, 0.15) is 0 Å². The minimum atomic E-state index is 0.608. The van der Waals surface area contributed by atoms with E-state index in [9.17, 15) is 0 Å². The fourth-order valence-electron chi connectivity index (χ4n) is 0.897. The third-order valence-electron chi connectivity index (χ3n) is 1.38. The minimum Gasteiger partial charge on any atom is -0.463 e. The molecule has 0 aliphatic carbocycles. The molecule has 2 heterocycles. The molecule has 56 valence electrons. The molecule has 0 radical (unpaired) electrons. The molecule has 0 aliphatic rings. The maximum absolute atomic E-state index is 5.14. The Balaban J connectivity index is 2.53. The first-order chi connectivity index (χ1) is 5.36. The zero-order valence-electron chi connectivity index (χ0n) is 5.63. The molecule has 2 N–H and O–H groups in total. The molecule has 2 aromatic rings. The van der Waals surface area contributed by atoms with E-state index < -0.39 is 0 Å². The second-order valence-electron chi connectivity index (χ2n) is 2.13. The maximum atomic E-state index is 5.14. The number of furan rings is 1. The lowest BCUT2D eigenvalue weighted by atomic mass is 10.4. The van der Waals surface area contributed by atoms with Gasteiger partial charge in [0, 0.05) is 6.20 Å². The summed E-state index contributed by atoms with van der Waals surface area (Å²) in [5.74, 6) is 0.789. The van der Waals surface area contributed by atoms with E-state index in [4.69, 9.17) is 16.6 Å². The first-order valence-corrected chi connectivity index (χ1v) is 3.58. The van der Waals surface area contributed by atoms with Gasteiger partial charge in [-0.2, -0.15) is 0 Å². The van der Waals surface area contributed by atoms with Crippen molar-refractivity contribution in [2.45, 2.75) is 0 Å². The molecule has 0 unspecified atom stereocenters. The van der Waals surface area contributed by atoms with E-state index in [0.29, 0.717) is 4.77 Å². The average molecular weight is 166 g/mol. The van der Waals surface area contributed by atoms with Crippen LogP contribution in [0.25, 0.3) is 11.5 Å². The fraction of sp³-hybridized carbons (Fsp3) is 0. The van der Waals surface area contributed by atoms with Crippen molar-refractivity contribution in [1.82, 2.24) is 9.97 Å². The Labute approximate surface area is 68.1 Å². The van der Waals surface area contributed by atoms with Gasteiger partial charge in [0.25, 0.3) is 0 Å². The number of H-pyrrole nitrogens is 2. The largest absolute Gasteiger partial charge is 0.463 e. The molecule has 0 bridgehead atoms. The van der Waals surface area contributed by atoms with Crippen LogP contribution in [0, 0.1) is 4.77 Å². The third-order valence-corrected chi connectivity index (χ3v) is 1.60. The first kappa shape index (κ1) is 6.42. The third kappa shape index (κ3) is 1.12. The summed E-state index contributed by atoms with van der Waals surface area (Å²) in [6, 6.07) is 3.70. The van der Waals surface area contributed by atoms with Gasteiger partial charge in [-0.25, -0.2) is 0 Å². The van der Waals surface area contributed by atoms with Gasteiger partial charge >= 0.3 is 0 Å². The quantitative estimate of drug-likeness (QED) is 0.638. The van der Waals surface area contributed by atoms with Crippen LogP contribution in [0.2, 0.25) is 0 Å². The van der Waals surface area contributed by atoms with E-state index in [1.807, 2.05) is 12.1 Å². The van der Waals surface area contributed by atoms with Gasteiger partial charge in [0.15, 0.2) is 10.5 Å². The van der Waals surface area contributed by atoms with Gasteiger partial charge in [-0.1, -0.05) is 0 Å². The molecule has 0 aromatic carbocycles. The highest BCUT2D eigenvalue weighted by Gasteiger charge is 1.99. The highest BCUT2D eigenvalue weighted by Crippen LogP contribution is 2.15. The van der Waals surface area contributed by atoms with Gasteiger partial charge in [-0.15, -0.1) is 0 Å². The predicted molar refractivity (Wildman–Crippen MR) is 43.7 cm³/mol. The number of nitrogens with one attached hydrogen (secondary N) is 2. The summed E-state index contributed by atoms with van der Waals surface area (Å²) in [4.78, 5) is 5.80. The van der Waals surface area contributed by atoms with Gasteiger partial charge in [-0.3, -0.25) is 0 Å². The Morgan fingerprint density at radius 1 is 1.45 bits per heavy atom. The number of rotatable bonds is 1. The Bertz CT molecular complexity index is 384. The van der Waals surface area contributed by atoms with Crippen LogP contribution in [-0.4, -0.2) is 9.97 Å². The van der Waals surface area contributed by atoms with Crippen LogP contribution in [0.15, 0.2) is 29.0 Å². The minimum absolute atomic E-state index is 0.608. The molecule has 2 aromatic heterocycles. The Morgan fingerprint density at radius 2 is 2.36 bits per heavy atom. The number of hydrogen-bond donors (Lipinski definition) is 2. The molecule has 0 aliphatic heterocycles. The van der Waals surface area contributed by atoms with Crippen molar-refractivity contribution in [3.8, 4) is 11.5 Å². The molecular weight excluding hydrogens is 160 g/mol. The Kier molecular flexibility index (Phi) is 1.40. The zero-order valence-corrected chi connectivity index (χ0v) is 6.44. The van der Waals surface area contributed by atoms with Crippen molar-refractivity contribution >= 4 is 12.2 Å². The van der Waals surface area contributed by atoms with Crippen molar-refractivity contribution in [2.75, 3.05) is 0 Å². The summed E-state index contributed by atoms with van der Waals surface area (Å²) in [5, 5.41) is 0. The second-order valence-corrected chi connectivity index (χ2v) is 2.54. The maximum Gasteiger partial charge on any atom is 0.175 e. The average Bonchev–Trinajstić information content (AvgIpc) is 2.55. The molecule has 0 saturated heterocycles. The standard InChI is InChI=1S/C7H6N2OS/c11-7-8-4-5(9-7)6-2-1-3-10-6/h1-4H,(H2,8,9,11). The molecule has 0 atom stereocenters. The van der Waals surface area contributed by atoms with E-state index in [1.165, 1.54) is 0 Å². The smallest absolute Gasteiger partial charge is 0.175 e. The van der Waals surface area contributed by atoms with Crippen LogP contribution in [-0.2, 0) is 0 Å². The highest BCUT2D eigenvalue weighted by atomic mass is 32.1. The molecule has 2 rings (SSSR count). The normalized spacial score (nSPS) is 10.2. The lowest BCUT2D eigenvalue weighted by Crippen LogP contribution is -1.69. The van der Waals surface area contributed by atoms with Crippen LogP contribution < -0.4 is 0 Å². The summed E-state index contributed by atoms with van der Waals surface area (Å²) < 4.78 is 5.74. The van der Waals surface area contributed by atoms with E-state index in [2.05, 4.69) is 9.97 Å². The summed E-state index contributed by atoms with van der Waals surface area (Å²) in [6.07, 6.45) is 3.40. The van der Waals surface area contributed by atoms with E-state index in [-0.39, 0.29) is 0 Å². The van der Waals surface area contributed by atoms with Crippen molar-refractivity contribution in [3.05, 3.63) is 29.4 Å². The number of aromatic nitrogens is 2. The predicted octanol–water partition coefficient (Wildman–Crippen LogP) is 2.33. The lowest BCUT2D eigenvalue weighted by molar-refractivity contribution is 0.580. The molecule has 0 spiro atoms. The Hall–Kier alpha value is -1.29. The summed E-state index contributed by atoms with van der Waals surface area (Å²) in [6.45, 7) is 0. The van der Waals surface area contributed by atoms with Crippen LogP contribution >= 0.6 is 12.2 Å². The van der Waals surface area contributed by atoms with Crippen molar-refractivity contribution in [3.63, 3.8) is 0 Å². The monoisotopic (exact) mass is 166 g/mol. The second kappa shape index (κ2) is 2.39. The van der Waals surface area contributed by atoms with Gasteiger partial charge in [0.05, 0.1) is 12.0 Å².